The fourth-order valence-electron chi connectivity index (χ4n) is 2.32. The number of nitrogens with one attached hydrogen (secondary N) is 2. The summed E-state index contributed by atoms with van der Waals surface area (Å²) in [5.41, 5.74) is 3.45. The van der Waals surface area contributed by atoms with Crippen molar-refractivity contribution in [2.75, 3.05) is 10.6 Å². The fraction of sp³-hybridized carbons (Fsp3) is 0.125. The van der Waals surface area contributed by atoms with E-state index in [1.807, 2.05) is 0 Å². The van der Waals surface area contributed by atoms with Crippen LogP contribution in [-0.4, -0.2) is 16.9 Å². The molecule has 1 heterocycles. The Hall–Kier alpha value is -2.66. The third kappa shape index (κ3) is 2.78. The first-order valence-corrected chi connectivity index (χ1v) is 6.59. The van der Waals surface area contributed by atoms with E-state index in [0.717, 1.165) is 16.8 Å². The monoisotopic (exact) mass is 282 g/mol. The maximum Gasteiger partial charge on any atom is 0.255 e. The Morgan fingerprint density at radius 2 is 2.10 bits per heavy atom. The predicted molar refractivity (Wildman–Crippen MR) is 79.1 cm³/mol. The first-order valence-electron chi connectivity index (χ1n) is 6.59. The normalized spacial score (nSPS) is 12.7. The van der Waals surface area contributed by atoms with Crippen LogP contribution in [0.1, 0.15) is 21.5 Å². The summed E-state index contributed by atoms with van der Waals surface area (Å²) in [5, 5.41) is 14.6. The molecule has 2 amide bonds. The lowest BCUT2D eigenvalue weighted by Crippen LogP contribution is -2.12. The molecule has 0 atom stereocenters. The number of aliphatic hydroxyl groups is 1. The number of carbonyl (C=O) groups is 2. The van der Waals surface area contributed by atoms with Gasteiger partial charge in [0.05, 0.1) is 13.0 Å². The van der Waals surface area contributed by atoms with E-state index in [-0.39, 0.29) is 18.4 Å². The summed E-state index contributed by atoms with van der Waals surface area (Å²) in [6.07, 6.45) is 0.302. The van der Waals surface area contributed by atoms with Crippen LogP contribution in [0.3, 0.4) is 0 Å². The molecule has 1 aliphatic rings. The number of carbonyl (C=O) groups excluding carboxylic acids is 2. The summed E-state index contributed by atoms with van der Waals surface area (Å²) in [4.78, 5) is 23.5. The summed E-state index contributed by atoms with van der Waals surface area (Å²) in [7, 11) is 0. The molecule has 106 valence electrons. The first-order chi connectivity index (χ1) is 10.2. The van der Waals surface area contributed by atoms with Gasteiger partial charge in [0.15, 0.2) is 0 Å². The standard InChI is InChI=1S/C16H14N2O3/c19-9-10-2-1-3-13(6-10)17-16(21)11-4-5-14-12(7-11)8-15(20)18-14/h1-7,19H,8-9H2,(H,17,21)(H,18,20). The number of aliphatic hydroxyl groups excluding tert-OH is 1. The molecule has 5 heteroatoms. The molecule has 5 nitrogen and oxygen atoms in total. The van der Waals surface area contributed by atoms with Crippen molar-refractivity contribution in [1.82, 2.24) is 0 Å². The van der Waals surface area contributed by atoms with E-state index in [0.29, 0.717) is 17.7 Å². The highest BCUT2D eigenvalue weighted by Crippen LogP contribution is 2.24. The van der Waals surface area contributed by atoms with Gasteiger partial charge in [-0.2, -0.15) is 0 Å². The molecular weight excluding hydrogens is 268 g/mol. The van der Waals surface area contributed by atoms with Crippen LogP contribution < -0.4 is 10.6 Å². The van der Waals surface area contributed by atoms with Gasteiger partial charge < -0.3 is 15.7 Å². The Labute approximate surface area is 121 Å². The highest BCUT2D eigenvalue weighted by atomic mass is 16.3. The largest absolute Gasteiger partial charge is 0.392 e. The molecule has 0 saturated heterocycles. The van der Waals surface area contributed by atoms with Crippen LogP contribution in [0, 0.1) is 0 Å². The average molecular weight is 282 g/mol. The van der Waals surface area contributed by atoms with Crippen LogP contribution in [0.5, 0.6) is 0 Å². The fourth-order valence-corrected chi connectivity index (χ4v) is 2.32. The van der Waals surface area contributed by atoms with E-state index in [2.05, 4.69) is 10.6 Å². The number of benzene rings is 2. The Bertz CT molecular complexity index is 725. The van der Waals surface area contributed by atoms with Crippen molar-refractivity contribution in [2.45, 2.75) is 13.0 Å². The van der Waals surface area contributed by atoms with Gasteiger partial charge in [-0.05, 0) is 41.5 Å². The van der Waals surface area contributed by atoms with Gasteiger partial charge >= 0.3 is 0 Å². The highest BCUT2D eigenvalue weighted by Gasteiger charge is 2.19. The summed E-state index contributed by atoms with van der Waals surface area (Å²) >= 11 is 0. The lowest BCUT2D eigenvalue weighted by atomic mass is 10.1. The zero-order chi connectivity index (χ0) is 14.8. The van der Waals surface area contributed by atoms with E-state index >= 15 is 0 Å². The Morgan fingerprint density at radius 1 is 1.24 bits per heavy atom. The minimum Gasteiger partial charge on any atom is -0.392 e. The van der Waals surface area contributed by atoms with Crippen molar-refractivity contribution in [3.05, 3.63) is 59.2 Å². The van der Waals surface area contributed by atoms with E-state index in [1.54, 1.807) is 42.5 Å². The van der Waals surface area contributed by atoms with Gasteiger partial charge in [-0.25, -0.2) is 0 Å². The van der Waals surface area contributed by atoms with Crippen molar-refractivity contribution < 1.29 is 14.7 Å². The number of amides is 2. The molecule has 0 spiro atoms. The van der Waals surface area contributed by atoms with Gasteiger partial charge in [-0.15, -0.1) is 0 Å². The molecule has 0 bridgehead atoms. The molecule has 1 aliphatic heterocycles. The van der Waals surface area contributed by atoms with Gasteiger partial charge in [0.1, 0.15) is 0 Å². The van der Waals surface area contributed by atoms with Gasteiger partial charge in [0.25, 0.3) is 5.91 Å². The molecule has 0 aliphatic carbocycles. The van der Waals surface area contributed by atoms with Crippen molar-refractivity contribution in [3.63, 3.8) is 0 Å². The van der Waals surface area contributed by atoms with Gasteiger partial charge in [-0.1, -0.05) is 12.1 Å². The zero-order valence-electron chi connectivity index (χ0n) is 11.2. The summed E-state index contributed by atoms with van der Waals surface area (Å²) in [5.74, 6) is -0.301. The minimum absolute atomic E-state index is 0.0572. The molecule has 0 radical (unpaired) electrons. The topological polar surface area (TPSA) is 78.4 Å². The molecule has 2 aromatic carbocycles. The molecule has 0 saturated carbocycles. The molecule has 0 fully saturated rings. The van der Waals surface area contributed by atoms with Gasteiger partial charge in [0.2, 0.25) is 5.91 Å². The van der Waals surface area contributed by atoms with Gasteiger partial charge in [0, 0.05) is 16.9 Å². The number of hydrogen-bond acceptors (Lipinski definition) is 3. The molecule has 21 heavy (non-hydrogen) atoms. The number of fused-ring (bicyclic) bond motifs is 1. The second-order valence-electron chi connectivity index (χ2n) is 4.91. The highest BCUT2D eigenvalue weighted by molar-refractivity contribution is 6.06. The van der Waals surface area contributed by atoms with Crippen molar-refractivity contribution in [1.29, 1.82) is 0 Å². The van der Waals surface area contributed by atoms with Crippen molar-refractivity contribution in [3.8, 4) is 0 Å². The number of rotatable bonds is 3. The molecule has 3 N–H and O–H groups in total. The van der Waals surface area contributed by atoms with E-state index in [4.69, 9.17) is 5.11 Å². The number of hydrogen-bond donors (Lipinski definition) is 3. The van der Waals surface area contributed by atoms with E-state index < -0.39 is 0 Å². The second kappa shape index (κ2) is 5.38. The quantitative estimate of drug-likeness (QED) is 0.805. The van der Waals surface area contributed by atoms with Crippen LogP contribution in [0.25, 0.3) is 0 Å². The number of anilines is 2. The van der Waals surface area contributed by atoms with Crippen LogP contribution >= 0.6 is 0 Å². The summed E-state index contributed by atoms with van der Waals surface area (Å²) < 4.78 is 0. The molecule has 0 unspecified atom stereocenters. The first kappa shape index (κ1) is 13.3. The maximum atomic E-state index is 12.2. The third-order valence-electron chi connectivity index (χ3n) is 3.36. The van der Waals surface area contributed by atoms with Gasteiger partial charge in [-0.3, -0.25) is 9.59 Å². The van der Waals surface area contributed by atoms with Crippen LogP contribution in [0.4, 0.5) is 11.4 Å². The SMILES string of the molecule is O=C1Cc2cc(C(=O)Nc3cccc(CO)c3)ccc2N1. The van der Waals surface area contributed by atoms with Crippen molar-refractivity contribution >= 4 is 23.2 Å². The predicted octanol–water partition coefficient (Wildman–Crippen LogP) is 1.93. The Morgan fingerprint density at radius 3 is 2.90 bits per heavy atom. The van der Waals surface area contributed by atoms with E-state index in [1.165, 1.54) is 0 Å². The summed E-state index contributed by atoms with van der Waals surface area (Å²) in [6, 6.07) is 12.2. The zero-order valence-corrected chi connectivity index (χ0v) is 11.2. The van der Waals surface area contributed by atoms with Crippen LogP contribution in [0.15, 0.2) is 42.5 Å². The van der Waals surface area contributed by atoms with E-state index in [9.17, 15) is 9.59 Å². The second-order valence-corrected chi connectivity index (χ2v) is 4.91. The molecular formula is C16H14N2O3. The molecule has 0 aromatic heterocycles. The van der Waals surface area contributed by atoms with Crippen LogP contribution in [-0.2, 0) is 17.8 Å². The maximum absolute atomic E-state index is 12.2. The lowest BCUT2D eigenvalue weighted by molar-refractivity contribution is -0.115. The third-order valence-corrected chi connectivity index (χ3v) is 3.36. The van der Waals surface area contributed by atoms with Crippen LogP contribution in [0.2, 0.25) is 0 Å². The Balaban J connectivity index is 1.79. The smallest absolute Gasteiger partial charge is 0.255 e. The van der Waals surface area contributed by atoms with Crippen molar-refractivity contribution in [2.24, 2.45) is 0 Å². The average Bonchev–Trinajstić information content (AvgIpc) is 2.86. The molecule has 3 rings (SSSR count). The molecule has 2 aromatic rings. The lowest BCUT2D eigenvalue weighted by Gasteiger charge is -2.07. The summed E-state index contributed by atoms with van der Waals surface area (Å²) in [6.45, 7) is -0.0731. The minimum atomic E-state index is -0.243. The Kier molecular flexibility index (Phi) is 3.41.